The van der Waals surface area contributed by atoms with E-state index in [0.717, 1.165) is 0 Å². The summed E-state index contributed by atoms with van der Waals surface area (Å²) in [6, 6.07) is 10.2. The van der Waals surface area contributed by atoms with Crippen LogP contribution in [0.25, 0.3) is 0 Å². The van der Waals surface area contributed by atoms with Gasteiger partial charge in [-0.3, -0.25) is 9.89 Å². The molecule has 0 saturated heterocycles. The van der Waals surface area contributed by atoms with Crippen LogP contribution in [0.2, 0.25) is 0 Å². The lowest BCUT2D eigenvalue weighted by molar-refractivity contribution is 0.251. The first kappa shape index (κ1) is 11.0. The molecule has 2 amide bonds. The lowest BCUT2D eigenvalue weighted by Gasteiger charge is -2.05. The number of H-pyrrole nitrogens is 2. The number of urea groups is 1. The van der Waals surface area contributed by atoms with Gasteiger partial charge in [0, 0.05) is 11.8 Å². The summed E-state index contributed by atoms with van der Waals surface area (Å²) in [7, 11) is 0. The molecule has 0 spiro atoms. The maximum Gasteiger partial charge on any atom is 0.319 e. The van der Waals surface area contributed by atoms with E-state index in [1.54, 1.807) is 12.1 Å². The van der Waals surface area contributed by atoms with Crippen LogP contribution in [0.3, 0.4) is 0 Å². The molecule has 0 bridgehead atoms. The van der Waals surface area contributed by atoms with Crippen LogP contribution in [0.4, 0.5) is 10.5 Å². The van der Waals surface area contributed by atoms with E-state index in [4.69, 9.17) is 0 Å². The van der Waals surface area contributed by atoms with Gasteiger partial charge in [-0.15, -0.1) is 0 Å². The molecule has 6 heteroatoms. The van der Waals surface area contributed by atoms with Gasteiger partial charge >= 0.3 is 6.03 Å². The van der Waals surface area contributed by atoms with Crippen LogP contribution in [0, 0.1) is 0 Å². The van der Waals surface area contributed by atoms with E-state index in [1.807, 2.05) is 18.2 Å². The molecule has 2 rings (SSSR count). The van der Waals surface area contributed by atoms with Crippen LogP contribution in [0.5, 0.6) is 0 Å². The summed E-state index contributed by atoms with van der Waals surface area (Å²) in [6.07, 6.45) is 0. The number of rotatable bonds is 3. The molecular weight excluding hydrogens is 220 g/mol. The third kappa shape index (κ3) is 3.23. The number of hydrogen-bond donors (Lipinski definition) is 4. The summed E-state index contributed by atoms with van der Waals surface area (Å²) >= 11 is 0. The second kappa shape index (κ2) is 5.02. The van der Waals surface area contributed by atoms with Crippen molar-refractivity contribution in [3.8, 4) is 0 Å². The first-order chi connectivity index (χ1) is 8.24. The van der Waals surface area contributed by atoms with E-state index in [2.05, 4.69) is 20.8 Å². The molecule has 0 aliphatic heterocycles. The number of benzene rings is 1. The molecule has 1 aromatic heterocycles. The van der Waals surface area contributed by atoms with Gasteiger partial charge in [0.15, 0.2) is 0 Å². The Bertz CT molecular complexity index is 544. The molecule has 1 heterocycles. The Morgan fingerprint density at radius 2 is 1.94 bits per heavy atom. The van der Waals surface area contributed by atoms with Crippen LogP contribution in [-0.4, -0.2) is 16.2 Å². The predicted molar refractivity (Wildman–Crippen MR) is 63.7 cm³/mol. The Kier molecular flexibility index (Phi) is 3.25. The standard InChI is InChI=1S/C11H12N4O2/c16-10-6-9(14-15-10)7-12-11(17)13-8-4-2-1-3-5-8/h1-6H,7H2,(H2,12,13,17)(H2,14,15,16). The fraction of sp³-hybridized carbons (Fsp3) is 0.0909. The minimum Gasteiger partial charge on any atom is -0.332 e. The van der Waals surface area contributed by atoms with Crippen molar-refractivity contribution in [1.82, 2.24) is 15.5 Å². The second-order valence-corrected chi connectivity index (χ2v) is 3.46. The van der Waals surface area contributed by atoms with Crippen molar-refractivity contribution in [3.63, 3.8) is 0 Å². The van der Waals surface area contributed by atoms with Gasteiger partial charge in [-0.1, -0.05) is 18.2 Å². The summed E-state index contributed by atoms with van der Waals surface area (Å²) in [6.45, 7) is 0.261. The summed E-state index contributed by atoms with van der Waals surface area (Å²) in [5.74, 6) is 0. The molecule has 0 atom stereocenters. The van der Waals surface area contributed by atoms with Crippen molar-refractivity contribution < 1.29 is 4.79 Å². The maximum absolute atomic E-state index is 11.5. The topological polar surface area (TPSA) is 89.8 Å². The van der Waals surface area contributed by atoms with Crippen molar-refractivity contribution in [3.05, 3.63) is 52.4 Å². The summed E-state index contributed by atoms with van der Waals surface area (Å²) in [4.78, 5) is 22.3. The smallest absolute Gasteiger partial charge is 0.319 e. The number of carbonyl (C=O) groups excluding carboxylic acids is 1. The van der Waals surface area contributed by atoms with E-state index in [0.29, 0.717) is 11.4 Å². The fourth-order valence-corrected chi connectivity index (χ4v) is 1.34. The highest BCUT2D eigenvalue weighted by Crippen LogP contribution is 2.04. The number of para-hydroxylation sites is 1. The Morgan fingerprint density at radius 1 is 1.18 bits per heavy atom. The van der Waals surface area contributed by atoms with E-state index in [9.17, 15) is 9.59 Å². The number of nitrogens with one attached hydrogen (secondary N) is 4. The average Bonchev–Trinajstić information content (AvgIpc) is 2.74. The van der Waals surface area contributed by atoms with Crippen LogP contribution < -0.4 is 16.2 Å². The normalized spacial score (nSPS) is 9.88. The molecule has 0 fully saturated rings. The lowest BCUT2D eigenvalue weighted by Crippen LogP contribution is -2.28. The number of aromatic amines is 2. The number of aromatic nitrogens is 2. The minimum absolute atomic E-state index is 0.217. The molecular formula is C11H12N4O2. The highest BCUT2D eigenvalue weighted by molar-refractivity contribution is 5.89. The average molecular weight is 232 g/mol. The number of hydrogen-bond acceptors (Lipinski definition) is 2. The van der Waals surface area contributed by atoms with Crippen molar-refractivity contribution in [2.24, 2.45) is 0 Å². The Morgan fingerprint density at radius 3 is 2.59 bits per heavy atom. The first-order valence-electron chi connectivity index (χ1n) is 5.10. The minimum atomic E-state index is -0.321. The van der Waals surface area contributed by atoms with E-state index in [-0.39, 0.29) is 18.1 Å². The van der Waals surface area contributed by atoms with Crippen LogP contribution in [0.1, 0.15) is 5.69 Å². The highest BCUT2D eigenvalue weighted by Gasteiger charge is 2.02. The zero-order valence-electron chi connectivity index (χ0n) is 8.99. The highest BCUT2D eigenvalue weighted by atomic mass is 16.2. The molecule has 0 saturated carbocycles. The molecule has 0 radical (unpaired) electrons. The molecule has 0 aliphatic carbocycles. The predicted octanol–water partition coefficient (Wildman–Crippen LogP) is 1.02. The third-order valence-electron chi connectivity index (χ3n) is 2.12. The SMILES string of the molecule is O=C(NCc1cc(=O)[nH][nH]1)Nc1ccccc1. The molecule has 0 aliphatic rings. The fourth-order valence-electron chi connectivity index (χ4n) is 1.34. The van der Waals surface area contributed by atoms with Gasteiger partial charge in [0.1, 0.15) is 0 Å². The van der Waals surface area contributed by atoms with Gasteiger partial charge in [0.05, 0.1) is 12.2 Å². The molecule has 6 nitrogen and oxygen atoms in total. The number of carbonyl (C=O) groups is 1. The number of anilines is 1. The Balaban J connectivity index is 1.84. The Hall–Kier alpha value is -2.50. The van der Waals surface area contributed by atoms with Crippen molar-refractivity contribution >= 4 is 11.7 Å². The zero-order chi connectivity index (χ0) is 12.1. The van der Waals surface area contributed by atoms with Crippen LogP contribution >= 0.6 is 0 Å². The van der Waals surface area contributed by atoms with Crippen molar-refractivity contribution in [2.45, 2.75) is 6.54 Å². The maximum atomic E-state index is 11.5. The molecule has 88 valence electrons. The van der Waals surface area contributed by atoms with Crippen molar-refractivity contribution in [1.29, 1.82) is 0 Å². The van der Waals surface area contributed by atoms with E-state index < -0.39 is 0 Å². The van der Waals surface area contributed by atoms with Crippen LogP contribution in [-0.2, 0) is 6.54 Å². The zero-order valence-corrected chi connectivity index (χ0v) is 8.99. The monoisotopic (exact) mass is 232 g/mol. The van der Waals surface area contributed by atoms with Gasteiger partial charge in [0.25, 0.3) is 5.56 Å². The summed E-state index contributed by atoms with van der Waals surface area (Å²) < 4.78 is 0. The number of amides is 2. The molecule has 4 N–H and O–H groups in total. The van der Waals surface area contributed by atoms with Crippen LogP contribution in [0.15, 0.2) is 41.2 Å². The lowest BCUT2D eigenvalue weighted by atomic mass is 10.3. The van der Waals surface area contributed by atoms with Gasteiger partial charge in [-0.2, -0.15) is 0 Å². The largest absolute Gasteiger partial charge is 0.332 e. The molecule has 17 heavy (non-hydrogen) atoms. The molecule has 2 aromatic rings. The van der Waals surface area contributed by atoms with Gasteiger partial charge in [-0.25, -0.2) is 4.79 Å². The third-order valence-corrected chi connectivity index (χ3v) is 2.12. The second-order valence-electron chi connectivity index (χ2n) is 3.46. The Labute approximate surface area is 97.0 Å². The van der Waals surface area contributed by atoms with Gasteiger partial charge in [-0.05, 0) is 12.1 Å². The van der Waals surface area contributed by atoms with Gasteiger partial charge < -0.3 is 15.7 Å². The summed E-state index contributed by atoms with van der Waals surface area (Å²) in [5, 5.41) is 10.3. The molecule has 1 aromatic carbocycles. The van der Waals surface area contributed by atoms with E-state index in [1.165, 1.54) is 6.07 Å². The quantitative estimate of drug-likeness (QED) is 0.636. The van der Waals surface area contributed by atoms with Gasteiger partial charge in [0.2, 0.25) is 0 Å². The molecule has 0 unspecified atom stereocenters. The summed E-state index contributed by atoms with van der Waals surface area (Å²) in [5.41, 5.74) is 1.12. The first-order valence-corrected chi connectivity index (χ1v) is 5.10. The van der Waals surface area contributed by atoms with Crippen molar-refractivity contribution in [2.75, 3.05) is 5.32 Å². The van der Waals surface area contributed by atoms with E-state index >= 15 is 0 Å².